The summed E-state index contributed by atoms with van der Waals surface area (Å²) in [4.78, 5) is 15.0. The minimum Gasteiger partial charge on any atom is -0.508 e. The van der Waals surface area contributed by atoms with Crippen molar-refractivity contribution in [1.82, 2.24) is 4.98 Å². The summed E-state index contributed by atoms with van der Waals surface area (Å²) in [7, 11) is 0. The Bertz CT molecular complexity index is 962. The molecule has 0 amide bonds. The molecule has 8 heteroatoms. The molecule has 0 aliphatic carbocycles. The van der Waals surface area contributed by atoms with Crippen LogP contribution in [0.3, 0.4) is 0 Å². The molecule has 0 spiro atoms. The molecule has 1 heterocycles. The third-order valence-corrected chi connectivity index (χ3v) is 3.83. The zero-order valence-corrected chi connectivity index (χ0v) is 14.3. The van der Waals surface area contributed by atoms with E-state index in [-0.39, 0.29) is 29.5 Å². The van der Waals surface area contributed by atoms with E-state index in [9.17, 15) is 20.3 Å². The van der Waals surface area contributed by atoms with E-state index < -0.39 is 4.92 Å². The Hall–Kier alpha value is -3.81. The van der Waals surface area contributed by atoms with E-state index in [4.69, 9.17) is 0 Å². The van der Waals surface area contributed by atoms with Gasteiger partial charge in [-0.1, -0.05) is 24.3 Å². The van der Waals surface area contributed by atoms with Gasteiger partial charge in [0.25, 0.3) is 0 Å². The van der Waals surface area contributed by atoms with Crippen molar-refractivity contribution >= 4 is 17.3 Å². The fourth-order valence-electron chi connectivity index (χ4n) is 2.54. The molecule has 0 saturated carbocycles. The number of hydrogen-bond donors (Lipinski definition) is 4. The van der Waals surface area contributed by atoms with Crippen LogP contribution in [0, 0.1) is 10.1 Å². The van der Waals surface area contributed by atoms with Crippen molar-refractivity contribution in [2.45, 2.75) is 13.1 Å². The number of benzene rings is 2. The zero-order chi connectivity index (χ0) is 19.2. The van der Waals surface area contributed by atoms with Gasteiger partial charge in [-0.15, -0.1) is 0 Å². The number of rotatable bonds is 7. The normalized spacial score (nSPS) is 10.4. The van der Waals surface area contributed by atoms with Crippen molar-refractivity contribution in [1.29, 1.82) is 0 Å². The smallest absolute Gasteiger partial charge is 0.311 e. The molecular weight excluding hydrogens is 348 g/mol. The molecule has 27 heavy (non-hydrogen) atoms. The molecule has 0 radical (unpaired) electrons. The lowest BCUT2D eigenvalue weighted by Gasteiger charge is -2.10. The first-order valence-electron chi connectivity index (χ1n) is 8.20. The summed E-state index contributed by atoms with van der Waals surface area (Å²) in [5.41, 5.74) is 1.48. The molecule has 0 saturated heterocycles. The Morgan fingerprint density at radius 3 is 2.04 bits per heavy atom. The van der Waals surface area contributed by atoms with Gasteiger partial charge in [-0.3, -0.25) is 10.1 Å². The van der Waals surface area contributed by atoms with Crippen LogP contribution in [0.4, 0.5) is 17.3 Å². The molecule has 0 unspecified atom stereocenters. The van der Waals surface area contributed by atoms with Crippen LogP contribution in [-0.4, -0.2) is 20.1 Å². The predicted molar refractivity (Wildman–Crippen MR) is 102 cm³/mol. The molecule has 4 N–H and O–H groups in total. The van der Waals surface area contributed by atoms with Gasteiger partial charge in [0.15, 0.2) is 0 Å². The molecule has 1 aromatic heterocycles. The summed E-state index contributed by atoms with van der Waals surface area (Å²) in [6.07, 6.45) is 0. The molecule has 0 aliphatic rings. The lowest BCUT2D eigenvalue weighted by atomic mass is 10.2. The third kappa shape index (κ3) is 4.85. The number of aromatic hydroxyl groups is 2. The molecule has 0 bridgehead atoms. The molecule has 0 aliphatic heterocycles. The van der Waals surface area contributed by atoms with Crippen molar-refractivity contribution < 1.29 is 15.1 Å². The van der Waals surface area contributed by atoms with Crippen LogP contribution in [0.25, 0.3) is 0 Å². The number of hydrogen-bond acceptors (Lipinski definition) is 7. The van der Waals surface area contributed by atoms with Crippen LogP contribution in [0.2, 0.25) is 0 Å². The third-order valence-electron chi connectivity index (χ3n) is 3.83. The second-order valence-electron chi connectivity index (χ2n) is 5.87. The van der Waals surface area contributed by atoms with E-state index in [1.165, 1.54) is 12.1 Å². The minimum atomic E-state index is -0.503. The molecule has 3 rings (SSSR count). The molecule has 0 atom stereocenters. The topological polar surface area (TPSA) is 121 Å². The summed E-state index contributed by atoms with van der Waals surface area (Å²) in [5, 5.41) is 36.3. The Balaban J connectivity index is 1.74. The summed E-state index contributed by atoms with van der Waals surface area (Å²) in [6.45, 7) is 0.684. The standard InChI is InChI=1S/C19H18N4O4/c24-15-5-1-3-13(9-15)11-20-18-8-7-17(23(26)27)19(22-18)21-12-14-4-2-6-16(25)10-14/h1-10,24-25H,11-12H2,(H2,20,21,22). The maximum Gasteiger partial charge on any atom is 0.311 e. The van der Waals surface area contributed by atoms with E-state index in [1.807, 2.05) is 6.07 Å². The maximum absolute atomic E-state index is 11.3. The Morgan fingerprint density at radius 2 is 1.48 bits per heavy atom. The van der Waals surface area contributed by atoms with Crippen molar-refractivity contribution in [3.63, 3.8) is 0 Å². The fraction of sp³-hybridized carbons (Fsp3) is 0.105. The average molecular weight is 366 g/mol. The summed E-state index contributed by atoms with van der Waals surface area (Å²) in [6, 6.07) is 16.3. The van der Waals surface area contributed by atoms with Crippen LogP contribution in [-0.2, 0) is 13.1 Å². The first kappa shape index (κ1) is 18.0. The highest BCUT2D eigenvalue weighted by molar-refractivity contribution is 5.60. The molecule has 0 fully saturated rings. The maximum atomic E-state index is 11.3. The van der Waals surface area contributed by atoms with Crippen molar-refractivity contribution in [3.8, 4) is 11.5 Å². The Kier molecular flexibility index (Phi) is 5.36. The number of phenolic OH excluding ortho intramolecular Hbond substituents is 2. The van der Waals surface area contributed by atoms with Crippen LogP contribution in [0.1, 0.15) is 11.1 Å². The second kappa shape index (κ2) is 8.05. The average Bonchev–Trinajstić information content (AvgIpc) is 2.65. The zero-order valence-electron chi connectivity index (χ0n) is 14.3. The van der Waals surface area contributed by atoms with Crippen molar-refractivity contribution in [2.24, 2.45) is 0 Å². The summed E-state index contributed by atoms with van der Waals surface area (Å²) < 4.78 is 0. The van der Waals surface area contributed by atoms with Gasteiger partial charge in [0.1, 0.15) is 17.3 Å². The van der Waals surface area contributed by atoms with Crippen molar-refractivity contribution in [2.75, 3.05) is 10.6 Å². The lowest BCUT2D eigenvalue weighted by Crippen LogP contribution is -2.07. The van der Waals surface area contributed by atoms with Crippen LogP contribution in [0.15, 0.2) is 60.7 Å². The number of phenols is 2. The number of nitrogens with one attached hydrogen (secondary N) is 2. The highest BCUT2D eigenvalue weighted by Gasteiger charge is 2.16. The number of anilines is 2. The SMILES string of the molecule is O=[N+]([O-])c1ccc(NCc2cccc(O)c2)nc1NCc1cccc(O)c1. The predicted octanol–water partition coefficient (Wildman–Crippen LogP) is 3.63. The van der Waals surface area contributed by atoms with Gasteiger partial charge in [-0.05, 0) is 41.5 Å². The summed E-state index contributed by atoms with van der Waals surface area (Å²) in [5.74, 6) is 0.879. The number of nitrogens with zero attached hydrogens (tertiary/aromatic N) is 2. The lowest BCUT2D eigenvalue weighted by molar-refractivity contribution is -0.384. The monoisotopic (exact) mass is 366 g/mol. The highest BCUT2D eigenvalue weighted by Crippen LogP contribution is 2.25. The highest BCUT2D eigenvalue weighted by atomic mass is 16.6. The van der Waals surface area contributed by atoms with Gasteiger partial charge in [0, 0.05) is 19.2 Å². The Labute approximate surface area is 155 Å². The number of pyridine rings is 1. The minimum absolute atomic E-state index is 0.123. The van der Waals surface area contributed by atoms with E-state index in [0.29, 0.717) is 12.4 Å². The van der Waals surface area contributed by atoms with Crippen LogP contribution in [0.5, 0.6) is 11.5 Å². The quantitative estimate of drug-likeness (QED) is 0.372. The Morgan fingerprint density at radius 1 is 0.889 bits per heavy atom. The van der Waals surface area contributed by atoms with E-state index >= 15 is 0 Å². The van der Waals surface area contributed by atoms with Gasteiger partial charge >= 0.3 is 5.69 Å². The van der Waals surface area contributed by atoms with Crippen LogP contribution >= 0.6 is 0 Å². The molecule has 3 aromatic rings. The van der Waals surface area contributed by atoms with E-state index in [2.05, 4.69) is 15.6 Å². The number of aromatic nitrogens is 1. The van der Waals surface area contributed by atoms with Gasteiger partial charge in [0.2, 0.25) is 5.82 Å². The number of nitro groups is 1. The molecular formula is C19H18N4O4. The van der Waals surface area contributed by atoms with E-state index in [0.717, 1.165) is 11.1 Å². The first-order chi connectivity index (χ1) is 13.0. The van der Waals surface area contributed by atoms with Gasteiger partial charge in [-0.2, -0.15) is 0 Å². The van der Waals surface area contributed by atoms with Crippen molar-refractivity contribution in [3.05, 3.63) is 81.9 Å². The van der Waals surface area contributed by atoms with Gasteiger partial charge in [-0.25, -0.2) is 4.98 Å². The first-order valence-corrected chi connectivity index (χ1v) is 8.20. The second-order valence-corrected chi connectivity index (χ2v) is 5.87. The van der Waals surface area contributed by atoms with Gasteiger partial charge in [0.05, 0.1) is 4.92 Å². The fourth-order valence-corrected chi connectivity index (χ4v) is 2.54. The van der Waals surface area contributed by atoms with Crippen LogP contribution < -0.4 is 10.6 Å². The molecule has 138 valence electrons. The summed E-state index contributed by atoms with van der Waals surface area (Å²) >= 11 is 0. The van der Waals surface area contributed by atoms with E-state index in [1.54, 1.807) is 42.5 Å². The van der Waals surface area contributed by atoms with Gasteiger partial charge < -0.3 is 20.8 Å². The molecule has 2 aromatic carbocycles. The largest absolute Gasteiger partial charge is 0.508 e. The molecule has 8 nitrogen and oxygen atoms in total.